The summed E-state index contributed by atoms with van der Waals surface area (Å²) in [6.07, 6.45) is -0.101. The summed E-state index contributed by atoms with van der Waals surface area (Å²) in [4.78, 5) is 48.9. The van der Waals surface area contributed by atoms with E-state index in [1.165, 1.54) is 29.4 Å². The van der Waals surface area contributed by atoms with Gasteiger partial charge in [0.2, 0.25) is 5.91 Å². The van der Waals surface area contributed by atoms with Gasteiger partial charge >= 0.3 is 12.4 Å². The van der Waals surface area contributed by atoms with Gasteiger partial charge < -0.3 is 15.0 Å². The number of carbonyl (C=O) groups excluding carboxylic acids is 3. The van der Waals surface area contributed by atoms with E-state index >= 15 is 0 Å². The third-order valence-corrected chi connectivity index (χ3v) is 7.34. The molecule has 2 unspecified atom stereocenters. The Hall–Kier alpha value is -3.67. The van der Waals surface area contributed by atoms with E-state index in [4.69, 9.17) is 0 Å². The average Bonchev–Trinajstić information content (AvgIpc) is 3.46. The summed E-state index contributed by atoms with van der Waals surface area (Å²) in [5, 5.41) is 2.90. The van der Waals surface area contributed by atoms with E-state index in [0.29, 0.717) is 30.6 Å². The molecule has 3 aliphatic rings. The van der Waals surface area contributed by atoms with Crippen LogP contribution in [0.25, 0.3) is 0 Å². The molecule has 2 aliphatic heterocycles. The molecule has 1 aromatic heterocycles. The highest BCUT2D eigenvalue weighted by atomic mass is 19.4. The monoisotopic (exact) mass is 517 g/mol. The molecule has 2 atom stereocenters. The molecule has 2 aromatic rings. The van der Waals surface area contributed by atoms with Crippen molar-refractivity contribution in [3.05, 3.63) is 42.7 Å². The average molecular weight is 518 g/mol. The van der Waals surface area contributed by atoms with Gasteiger partial charge in [-0.3, -0.25) is 19.5 Å². The van der Waals surface area contributed by atoms with Crippen molar-refractivity contribution >= 4 is 34.9 Å². The van der Waals surface area contributed by atoms with Crippen molar-refractivity contribution < 1.29 is 32.3 Å². The standard InChI is InChI=1S/C25H26F3N5O4/c1-15-13-24(15)22(35)32(17-3-5-18(6-4-17)37-25(26,27)28)23(36)33(24)20-7-10-29-14-19(20)30-21(34)16-8-11-31(2)12-9-16/h3-7,10,14-16H,8-9,11-13H2,1-2H3,(H,30,34). The molecule has 12 heteroatoms. The summed E-state index contributed by atoms with van der Waals surface area (Å²) in [6.45, 7) is 3.46. The van der Waals surface area contributed by atoms with Crippen LogP contribution in [-0.4, -0.2) is 59.8 Å². The third-order valence-electron chi connectivity index (χ3n) is 7.34. The van der Waals surface area contributed by atoms with Crippen molar-refractivity contribution in [3.8, 4) is 5.75 Å². The summed E-state index contributed by atoms with van der Waals surface area (Å²) >= 11 is 0. The second-order valence-corrected chi connectivity index (χ2v) is 9.79. The predicted molar refractivity (Wildman–Crippen MR) is 128 cm³/mol. The normalized spacial score (nSPS) is 24.6. The summed E-state index contributed by atoms with van der Waals surface area (Å²) in [5.74, 6) is -1.45. The van der Waals surface area contributed by atoms with Gasteiger partial charge in [0.15, 0.2) is 0 Å². The number of hydrogen-bond acceptors (Lipinski definition) is 6. The van der Waals surface area contributed by atoms with Crippen molar-refractivity contribution in [2.45, 2.75) is 38.1 Å². The van der Waals surface area contributed by atoms with E-state index in [1.807, 2.05) is 14.0 Å². The van der Waals surface area contributed by atoms with Crippen molar-refractivity contribution in [3.63, 3.8) is 0 Å². The van der Waals surface area contributed by atoms with Crippen LogP contribution in [0.1, 0.15) is 26.2 Å². The summed E-state index contributed by atoms with van der Waals surface area (Å²) in [5.41, 5.74) is -0.358. The lowest BCUT2D eigenvalue weighted by molar-refractivity contribution is -0.274. The second-order valence-electron chi connectivity index (χ2n) is 9.79. The lowest BCUT2D eigenvalue weighted by Crippen LogP contribution is -2.40. The predicted octanol–water partition coefficient (Wildman–Crippen LogP) is 4.01. The minimum Gasteiger partial charge on any atom is -0.406 e. The van der Waals surface area contributed by atoms with Crippen LogP contribution in [0.15, 0.2) is 42.7 Å². The lowest BCUT2D eigenvalue weighted by atomic mass is 9.96. The quantitative estimate of drug-likeness (QED) is 0.603. The molecular formula is C25H26F3N5O4. The molecule has 1 N–H and O–H groups in total. The van der Waals surface area contributed by atoms with E-state index in [2.05, 4.69) is 19.9 Å². The molecule has 1 saturated carbocycles. The maximum atomic E-state index is 13.7. The number of imide groups is 1. The molecule has 9 nitrogen and oxygen atoms in total. The van der Waals surface area contributed by atoms with Crippen molar-refractivity contribution in [2.75, 3.05) is 35.3 Å². The number of urea groups is 1. The van der Waals surface area contributed by atoms with Crippen LogP contribution in [0.5, 0.6) is 5.75 Å². The van der Waals surface area contributed by atoms with Crippen LogP contribution in [0.4, 0.5) is 35.0 Å². The number of benzene rings is 1. The Morgan fingerprint density at radius 1 is 1.14 bits per heavy atom. The van der Waals surface area contributed by atoms with Crippen LogP contribution in [0.2, 0.25) is 0 Å². The summed E-state index contributed by atoms with van der Waals surface area (Å²) in [6, 6.07) is 5.49. The van der Waals surface area contributed by atoms with E-state index in [9.17, 15) is 27.6 Å². The Morgan fingerprint density at radius 3 is 2.38 bits per heavy atom. The molecule has 3 heterocycles. The highest BCUT2D eigenvalue weighted by Gasteiger charge is 2.71. The van der Waals surface area contributed by atoms with Gasteiger partial charge in [-0.1, -0.05) is 6.92 Å². The fraction of sp³-hybridized carbons (Fsp3) is 0.440. The molecule has 0 radical (unpaired) electrons. The first kappa shape index (κ1) is 25.0. The Bertz CT molecular complexity index is 1230. The molecule has 2 saturated heterocycles. The maximum absolute atomic E-state index is 13.7. The fourth-order valence-corrected chi connectivity index (χ4v) is 5.19. The molecule has 5 rings (SSSR count). The van der Waals surface area contributed by atoms with E-state index in [1.54, 1.807) is 6.07 Å². The fourth-order valence-electron chi connectivity index (χ4n) is 5.19. The zero-order valence-electron chi connectivity index (χ0n) is 20.3. The molecule has 1 aliphatic carbocycles. The van der Waals surface area contributed by atoms with Crippen LogP contribution < -0.4 is 19.9 Å². The van der Waals surface area contributed by atoms with Gasteiger partial charge in [-0.25, -0.2) is 9.69 Å². The molecule has 0 bridgehead atoms. The SMILES string of the molecule is CC1CC12C(=O)N(c1ccc(OC(F)(F)F)cc1)C(=O)N2c1ccncc1NC(=O)C1CCN(C)CC1. The number of anilines is 3. The van der Waals surface area contributed by atoms with Gasteiger partial charge in [0, 0.05) is 12.1 Å². The van der Waals surface area contributed by atoms with Gasteiger partial charge in [0.1, 0.15) is 11.3 Å². The molecule has 1 spiro atoms. The van der Waals surface area contributed by atoms with Crippen LogP contribution >= 0.6 is 0 Å². The smallest absolute Gasteiger partial charge is 0.406 e. The molecule has 37 heavy (non-hydrogen) atoms. The number of hydrogen-bond donors (Lipinski definition) is 1. The summed E-state index contributed by atoms with van der Waals surface area (Å²) in [7, 11) is 2.00. The van der Waals surface area contributed by atoms with Gasteiger partial charge in [-0.05, 0) is 75.6 Å². The largest absolute Gasteiger partial charge is 0.573 e. The minimum atomic E-state index is -4.86. The lowest BCUT2D eigenvalue weighted by Gasteiger charge is -2.29. The van der Waals surface area contributed by atoms with Crippen LogP contribution in [0.3, 0.4) is 0 Å². The van der Waals surface area contributed by atoms with Crippen molar-refractivity contribution in [2.24, 2.45) is 11.8 Å². The number of nitrogens with zero attached hydrogens (tertiary/aromatic N) is 4. The van der Waals surface area contributed by atoms with Crippen LogP contribution in [-0.2, 0) is 9.59 Å². The number of rotatable bonds is 5. The molecule has 1 aromatic carbocycles. The first-order chi connectivity index (χ1) is 17.5. The Kier molecular flexibility index (Phi) is 6.09. The number of likely N-dealkylation sites (tertiary alicyclic amines) is 1. The van der Waals surface area contributed by atoms with Gasteiger partial charge in [-0.2, -0.15) is 0 Å². The number of alkyl halides is 3. The number of pyridine rings is 1. The van der Waals surface area contributed by atoms with Crippen molar-refractivity contribution in [1.29, 1.82) is 0 Å². The number of carbonyl (C=O) groups is 3. The molecular weight excluding hydrogens is 491 g/mol. The topological polar surface area (TPSA) is 95.1 Å². The Labute approximate surface area is 211 Å². The highest BCUT2D eigenvalue weighted by Crippen LogP contribution is 2.56. The number of nitrogens with one attached hydrogen (secondary N) is 1. The molecule has 4 amide bonds. The number of aromatic nitrogens is 1. The first-order valence-electron chi connectivity index (χ1n) is 12.0. The zero-order chi connectivity index (χ0) is 26.5. The Morgan fingerprint density at radius 2 is 1.78 bits per heavy atom. The number of halogens is 3. The zero-order valence-corrected chi connectivity index (χ0v) is 20.3. The molecule has 196 valence electrons. The van der Waals surface area contributed by atoms with Crippen LogP contribution in [0, 0.1) is 11.8 Å². The summed E-state index contributed by atoms with van der Waals surface area (Å²) < 4.78 is 41.5. The van der Waals surface area contributed by atoms with E-state index < -0.39 is 29.6 Å². The van der Waals surface area contributed by atoms with Crippen molar-refractivity contribution in [1.82, 2.24) is 9.88 Å². The van der Waals surface area contributed by atoms with E-state index in [-0.39, 0.29) is 23.4 Å². The van der Waals surface area contributed by atoms with Gasteiger partial charge in [0.25, 0.3) is 5.91 Å². The first-order valence-corrected chi connectivity index (χ1v) is 12.0. The number of ether oxygens (including phenoxy) is 1. The number of piperidine rings is 1. The number of amides is 4. The Balaban J connectivity index is 1.43. The van der Waals surface area contributed by atoms with Gasteiger partial charge in [-0.15, -0.1) is 13.2 Å². The molecule has 3 fully saturated rings. The third kappa shape index (κ3) is 4.50. The highest BCUT2D eigenvalue weighted by molar-refractivity contribution is 6.32. The second kappa shape index (κ2) is 9.02. The van der Waals surface area contributed by atoms with Gasteiger partial charge in [0.05, 0.1) is 23.3 Å². The minimum absolute atomic E-state index is 0.122. The van der Waals surface area contributed by atoms with E-state index in [0.717, 1.165) is 30.1 Å². The maximum Gasteiger partial charge on any atom is 0.573 e.